The van der Waals surface area contributed by atoms with Crippen molar-refractivity contribution in [2.45, 2.75) is 193 Å². The van der Waals surface area contributed by atoms with Crippen LogP contribution in [0.5, 0.6) is 0 Å². The molecule has 8 nitrogen and oxygen atoms in total. The molecule has 0 aromatic carbocycles. The molecule has 0 rings (SSSR count). The van der Waals surface area contributed by atoms with Crippen LogP contribution < -0.4 is 5.11 Å². The van der Waals surface area contributed by atoms with Gasteiger partial charge in [-0.05, 0) is 44.9 Å². The van der Waals surface area contributed by atoms with Crippen LogP contribution in [0.2, 0.25) is 0 Å². The standard InChI is InChI=1S/C43H79NO7/c1-6-8-10-12-14-16-17-18-19-20-21-22-23-24-25-26-28-30-32-34-42(46)51-39(37-49-36-35-40(43(47)48)44(3,4)5)38-50-41(45)33-31-29-27-15-13-11-9-7-2/h14,16,18-19,39-40H,6-13,15,17,20-38H2,1-5H3/b16-14-,19-18-. The quantitative estimate of drug-likeness (QED) is 0.0273. The first-order chi connectivity index (χ1) is 24.6. The predicted molar refractivity (Wildman–Crippen MR) is 208 cm³/mol. The van der Waals surface area contributed by atoms with Gasteiger partial charge in [-0.2, -0.15) is 0 Å². The molecule has 0 fully saturated rings. The zero-order chi connectivity index (χ0) is 37.8. The Morgan fingerprint density at radius 3 is 1.55 bits per heavy atom. The Bertz CT molecular complexity index is 895. The number of rotatable bonds is 37. The molecular formula is C43H79NO7. The highest BCUT2D eigenvalue weighted by Crippen LogP contribution is 2.14. The number of carbonyl (C=O) groups excluding carboxylic acids is 3. The van der Waals surface area contributed by atoms with Gasteiger partial charge in [-0.1, -0.05) is 141 Å². The van der Waals surface area contributed by atoms with Crippen molar-refractivity contribution < 1.29 is 38.2 Å². The number of aliphatic carboxylic acids is 1. The van der Waals surface area contributed by atoms with E-state index in [4.69, 9.17) is 14.2 Å². The number of esters is 2. The van der Waals surface area contributed by atoms with E-state index in [0.29, 0.717) is 12.8 Å². The Morgan fingerprint density at radius 2 is 1.04 bits per heavy atom. The summed E-state index contributed by atoms with van der Waals surface area (Å²) in [5.74, 6) is -1.74. The first-order valence-electron chi connectivity index (χ1n) is 20.9. The number of quaternary nitrogens is 1. The molecule has 0 saturated heterocycles. The van der Waals surface area contributed by atoms with Crippen LogP contribution in [0.3, 0.4) is 0 Å². The Balaban J connectivity index is 4.28. The van der Waals surface area contributed by atoms with Gasteiger partial charge in [0, 0.05) is 19.3 Å². The summed E-state index contributed by atoms with van der Waals surface area (Å²) in [6.45, 7) is 4.60. The van der Waals surface area contributed by atoms with E-state index in [1.807, 2.05) is 0 Å². The molecule has 0 heterocycles. The van der Waals surface area contributed by atoms with Crippen molar-refractivity contribution in [3.8, 4) is 0 Å². The Labute approximate surface area is 313 Å². The van der Waals surface area contributed by atoms with E-state index in [2.05, 4.69) is 38.2 Å². The first kappa shape index (κ1) is 48.8. The summed E-state index contributed by atoms with van der Waals surface area (Å²) >= 11 is 0. The monoisotopic (exact) mass is 722 g/mol. The third kappa shape index (κ3) is 33.4. The summed E-state index contributed by atoms with van der Waals surface area (Å²) < 4.78 is 17.1. The van der Waals surface area contributed by atoms with E-state index in [-0.39, 0.29) is 42.7 Å². The Hall–Kier alpha value is -2.19. The van der Waals surface area contributed by atoms with E-state index in [9.17, 15) is 19.5 Å². The maximum absolute atomic E-state index is 12.7. The van der Waals surface area contributed by atoms with Crippen LogP contribution in [-0.2, 0) is 28.6 Å². The zero-order valence-electron chi connectivity index (χ0n) is 33.8. The van der Waals surface area contributed by atoms with Gasteiger partial charge in [0.25, 0.3) is 0 Å². The van der Waals surface area contributed by atoms with Crippen LogP contribution >= 0.6 is 0 Å². The number of ether oxygens (including phenoxy) is 3. The number of hydrogen-bond acceptors (Lipinski definition) is 7. The molecule has 51 heavy (non-hydrogen) atoms. The van der Waals surface area contributed by atoms with E-state index in [1.54, 1.807) is 21.1 Å². The molecule has 0 aromatic heterocycles. The third-order valence-corrected chi connectivity index (χ3v) is 9.34. The summed E-state index contributed by atoms with van der Waals surface area (Å²) in [5, 5.41) is 11.6. The van der Waals surface area contributed by atoms with Crippen molar-refractivity contribution in [3.63, 3.8) is 0 Å². The number of carboxylic acids is 1. The summed E-state index contributed by atoms with van der Waals surface area (Å²) in [4.78, 5) is 36.6. The lowest BCUT2D eigenvalue weighted by Gasteiger charge is -2.34. The summed E-state index contributed by atoms with van der Waals surface area (Å²) in [5.41, 5.74) is 0. The number of allylic oxidation sites excluding steroid dienone is 4. The van der Waals surface area contributed by atoms with Gasteiger partial charge in [-0.3, -0.25) is 9.59 Å². The van der Waals surface area contributed by atoms with Crippen molar-refractivity contribution in [1.82, 2.24) is 0 Å². The lowest BCUT2D eigenvalue weighted by molar-refractivity contribution is -0.889. The van der Waals surface area contributed by atoms with Crippen LogP contribution in [0.25, 0.3) is 0 Å². The third-order valence-electron chi connectivity index (χ3n) is 9.34. The molecule has 0 radical (unpaired) electrons. The van der Waals surface area contributed by atoms with E-state index in [1.165, 1.54) is 103 Å². The van der Waals surface area contributed by atoms with Gasteiger partial charge in [-0.25, -0.2) is 0 Å². The molecule has 0 aliphatic rings. The summed E-state index contributed by atoms with van der Waals surface area (Å²) in [6, 6.07) is -0.722. The maximum Gasteiger partial charge on any atom is 0.306 e. The molecular weight excluding hydrogens is 642 g/mol. The number of likely N-dealkylation sites (N-methyl/N-ethyl adjacent to an activating group) is 1. The molecule has 0 aromatic rings. The number of hydrogen-bond donors (Lipinski definition) is 0. The molecule has 2 atom stereocenters. The van der Waals surface area contributed by atoms with Crippen molar-refractivity contribution in [2.75, 3.05) is 41.0 Å². The normalized spacial score (nSPS) is 13.2. The SMILES string of the molecule is CCCCC/C=C\C/C=C\CCCCCCCCCCCC(=O)OC(COCCC(C(=O)[O-])[N+](C)(C)C)COC(=O)CCCCCCCCCC. The number of nitrogens with zero attached hydrogens (tertiary/aromatic N) is 1. The fourth-order valence-corrected chi connectivity index (χ4v) is 6.04. The molecule has 8 heteroatoms. The summed E-state index contributed by atoms with van der Waals surface area (Å²) in [6.07, 6.45) is 36.3. The molecule has 0 saturated carbocycles. The number of carboxylic acid groups (broad SMARTS) is 1. The maximum atomic E-state index is 12.7. The molecule has 0 aliphatic carbocycles. The van der Waals surface area contributed by atoms with Gasteiger partial charge < -0.3 is 28.6 Å². The van der Waals surface area contributed by atoms with Gasteiger partial charge in [0.2, 0.25) is 0 Å². The van der Waals surface area contributed by atoms with E-state index in [0.717, 1.165) is 44.9 Å². The Morgan fingerprint density at radius 1 is 0.588 bits per heavy atom. The second kappa shape index (κ2) is 34.9. The first-order valence-corrected chi connectivity index (χ1v) is 20.9. The highest BCUT2D eigenvalue weighted by Gasteiger charge is 2.25. The second-order valence-corrected chi connectivity index (χ2v) is 15.2. The largest absolute Gasteiger partial charge is 0.544 e. The predicted octanol–water partition coefficient (Wildman–Crippen LogP) is 9.58. The average Bonchev–Trinajstić information content (AvgIpc) is 3.08. The average molecular weight is 722 g/mol. The molecule has 0 aliphatic heterocycles. The smallest absolute Gasteiger partial charge is 0.306 e. The van der Waals surface area contributed by atoms with Crippen molar-refractivity contribution in [1.29, 1.82) is 0 Å². The van der Waals surface area contributed by atoms with Gasteiger partial charge in [-0.15, -0.1) is 0 Å². The van der Waals surface area contributed by atoms with Crippen molar-refractivity contribution in [2.24, 2.45) is 0 Å². The summed E-state index contributed by atoms with van der Waals surface area (Å²) in [7, 11) is 5.40. The van der Waals surface area contributed by atoms with Crippen LogP contribution in [-0.4, -0.2) is 75.5 Å². The minimum Gasteiger partial charge on any atom is -0.544 e. The van der Waals surface area contributed by atoms with Gasteiger partial charge in [0.05, 0.1) is 40.3 Å². The molecule has 0 amide bonds. The Kier molecular flexibility index (Phi) is 33.4. The van der Waals surface area contributed by atoms with Crippen LogP contribution in [0, 0.1) is 0 Å². The highest BCUT2D eigenvalue weighted by atomic mass is 16.6. The minimum atomic E-state index is -1.13. The van der Waals surface area contributed by atoms with Gasteiger partial charge in [0.15, 0.2) is 6.10 Å². The lowest BCUT2D eigenvalue weighted by Crippen LogP contribution is -2.55. The van der Waals surface area contributed by atoms with E-state index >= 15 is 0 Å². The number of unbranched alkanes of at least 4 members (excludes halogenated alkanes) is 19. The second-order valence-electron chi connectivity index (χ2n) is 15.2. The number of carbonyl (C=O) groups is 3. The van der Waals surface area contributed by atoms with Crippen LogP contribution in [0.4, 0.5) is 0 Å². The van der Waals surface area contributed by atoms with Crippen LogP contribution in [0.15, 0.2) is 24.3 Å². The van der Waals surface area contributed by atoms with Crippen molar-refractivity contribution in [3.05, 3.63) is 24.3 Å². The molecule has 0 bridgehead atoms. The zero-order valence-corrected chi connectivity index (χ0v) is 33.8. The fourth-order valence-electron chi connectivity index (χ4n) is 6.04. The molecule has 298 valence electrons. The lowest BCUT2D eigenvalue weighted by atomic mass is 10.1. The minimum absolute atomic E-state index is 0.0422. The molecule has 0 N–H and O–H groups in total. The fraction of sp³-hybridized carbons (Fsp3) is 0.837. The topological polar surface area (TPSA) is 102 Å². The molecule has 2 unspecified atom stereocenters. The van der Waals surface area contributed by atoms with Gasteiger partial charge in [0.1, 0.15) is 12.6 Å². The van der Waals surface area contributed by atoms with Crippen LogP contribution in [0.1, 0.15) is 181 Å². The van der Waals surface area contributed by atoms with E-state index < -0.39 is 18.1 Å². The van der Waals surface area contributed by atoms with Crippen molar-refractivity contribution >= 4 is 17.9 Å². The molecule has 0 spiro atoms. The van der Waals surface area contributed by atoms with Gasteiger partial charge >= 0.3 is 11.9 Å². The highest BCUT2D eigenvalue weighted by molar-refractivity contribution is 5.70.